The van der Waals surface area contributed by atoms with Crippen molar-refractivity contribution in [3.8, 4) is 11.8 Å². The van der Waals surface area contributed by atoms with Gasteiger partial charge in [0.25, 0.3) is 10.0 Å². The fraction of sp³-hybridized carbons (Fsp3) is 0.200. The van der Waals surface area contributed by atoms with Crippen molar-refractivity contribution in [3.63, 3.8) is 0 Å². The van der Waals surface area contributed by atoms with E-state index in [2.05, 4.69) is 11.4 Å². The van der Waals surface area contributed by atoms with Gasteiger partial charge in [0, 0.05) is 5.69 Å². The van der Waals surface area contributed by atoms with Crippen LogP contribution in [-0.2, 0) is 21.2 Å². The van der Waals surface area contributed by atoms with E-state index >= 15 is 0 Å². The average molecular weight is 464 g/mol. The first-order valence-corrected chi connectivity index (χ1v) is 11.9. The van der Waals surface area contributed by atoms with Crippen LogP contribution in [0, 0.1) is 18.3 Å². The van der Waals surface area contributed by atoms with Gasteiger partial charge in [-0.15, -0.1) is 0 Å². The Morgan fingerprint density at radius 3 is 2.33 bits per heavy atom. The van der Waals surface area contributed by atoms with E-state index in [4.69, 9.17) is 10.00 Å². The zero-order chi connectivity index (χ0) is 23.8. The van der Waals surface area contributed by atoms with Gasteiger partial charge in [-0.1, -0.05) is 42.0 Å². The Morgan fingerprint density at radius 2 is 1.70 bits per heavy atom. The molecule has 0 aliphatic rings. The standard InChI is InChI=1S/C25H25N3O4S/c1-3-32-24-7-5-4-6-23(24)28(33(30,31)22-14-8-19(2)9-15-22)18-25(29)27-21-12-10-20(11-13-21)16-17-26/h4-15H,3,16,18H2,1-2H3,(H,27,29). The fourth-order valence-corrected chi connectivity index (χ4v) is 4.64. The van der Waals surface area contributed by atoms with Gasteiger partial charge in [0.05, 0.1) is 29.7 Å². The molecule has 0 heterocycles. The third kappa shape index (κ3) is 5.90. The molecule has 0 saturated carbocycles. The molecule has 3 rings (SSSR count). The highest BCUT2D eigenvalue weighted by Crippen LogP contribution is 2.32. The number of aryl methyl sites for hydroxylation is 1. The van der Waals surface area contributed by atoms with Crippen molar-refractivity contribution < 1.29 is 17.9 Å². The van der Waals surface area contributed by atoms with Gasteiger partial charge in [0.1, 0.15) is 12.3 Å². The Hall–Kier alpha value is -3.83. The van der Waals surface area contributed by atoms with Crippen molar-refractivity contribution in [2.24, 2.45) is 0 Å². The minimum absolute atomic E-state index is 0.0769. The second-order valence-electron chi connectivity index (χ2n) is 7.31. The van der Waals surface area contributed by atoms with Gasteiger partial charge in [-0.05, 0) is 55.8 Å². The van der Waals surface area contributed by atoms with Crippen LogP contribution in [0.25, 0.3) is 0 Å². The highest BCUT2D eigenvalue weighted by Gasteiger charge is 2.29. The normalized spacial score (nSPS) is 10.8. The van der Waals surface area contributed by atoms with Gasteiger partial charge in [0.2, 0.25) is 5.91 Å². The quantitative estimate of drug-likeness (QED) is 0.510. The Bertz CT molecular complexity index is 1250. The number of hydrogen-bond donors (Lipinski definition) is 1. The van der Waals surface area contributed by atoms with Crippen molar-refractivity contribution in [1.82, 2.24) is 0 Å². The monoisotopic (exact) mass is 463 g/mol. The number of amides is 1. The van der Waals surface area contributed by atoms with E-state index in [-0.39, 0.29) is 17.0 Å². The van der Waals surface area contributed by atoms with Crippen LogP contribution in [0.2, 0.25) is 0 Å². The lowest BCUT2D eigenvalue weighted by Crippen LogP contribution is -2.38. The third-order valence-electron chi connectivity index (χ3n) is 4.85. The van der Waals surface area contributed by atoms with Crippen molar-refractivity contribution in [2.75, 3.05) is 22.8 Å². The minimum atomic E-state index is -4.06. The Morgan fingerprint density at radius 1 is 1.03 bits per heavy atom. The van der Waals surface area contributed by atoms with E-state index in [1.54, 1.807) is 67.6 Å². The number of benzene rings is 3. The van der Waals surface area contributed by atoms with E-state index < -0.39 is 22.5 Å². The largest absolute Gasteiger partial charge is 0.492 e. The number of ether oxygens (including phenoxy) is 1. The van der Waals surface area contributed by atoms with E-state index in [0.717, 1.165) is 15.4 Å². The van der Waals surface area contributed by atoms with Crippen LogP contribution in [0.1, 0.15) is 18.1 Å². The maximum atomic E-state index is 13.6. The third-order valence-corrected chi connectivity index (χ3v) is 6.62. The zero-order valence-corrected chi connectivity index (χ0v) is 19.3. The van der Waals surface area contributed by atoms with Crippen LogP contribution in [-0.4, -0.2) is 27.5 Å². The molecule has 0 unspecified atom stereocenters. The molecule has 0 aromatic heterocycles. The Labute approximate surface area is 194 Å². The molecular formula is C25H25N3O4S. The van der Waals surface area contributed by atoms with Gasteiger partial charge in [0.15, 0.2) is 0 Å². The number of nitrogens with zero attached hydrogens (tertiary/aromatic N) is 2. The highest BCUT2D eigenvalue weighted by atomic mass is 32.2. The first-order chi connectivity index (χ1) is 15.8. The summed E-state index contributed by atoms with van der Waals surface area (Å²) < 4.78 is 33.8. The number of sulfonamides is 1. The SMILES string of the molecule is CCOc1ccccc1N(CC(=O)Nc1ccc(CC#N)cc1)S(=O)(=O)c1ccc(C)cc1. The molecule has 33 heavy (non-hydrogen) atoms. The number of anilines is 2. The molecule has 8 heteroatoms. The van der Waals surface area contributed by atoms with E-state index in [9.17, 15) is 13.2 Å². The summed E-state index contributed by atoms with van der Waals surface area (Å²) in [6.07, 6.45) is 0.269. The number of rotatable bonds is 9. The van der Waals surface area contributed by atoms with Crippen LogP contribution in [0.4, 0.5) is 11.4 Å². The lowest BCUT2D eigenvalue weighted by molar-refractivity contribution is -0.114. The summed E-state index contributed by atoms with van der Waals surface area (Å²) in [4.78, 5) is 13.0. The minimum Gasteiger partial charge on any atom is -0.492 e. The van der Waals surface area contributed by atoms with Gasteiger partial charge < -0.3 is 10.1 Å². The molecule has 0 aliphatic heterocycles. The van der Waals surface area contributed by atoms with E-state index in [1.165, 1.54) is 12.1 Å². The lowest BCUT2D eigenvalue weighted by atomic mass is 10.1. The van der Waals surface area contributed by atoms with Crippen LogP contribution < -0.4 is 14.4 Å². The number of carbonyl (C=O) groups is 1. The second-order valence-corrected chi connectivity index (χ2v) is 9.17. The zero-order valence-electron chi connectivity index (χ0n) is 18.5. The molecule has 3 aromatic rings. The second kappa shape index (κ2) is 10.7. The Balaban J connectivity index is 1.94. The number of hydrogen-bond acceptors (Lipinski definition) is 5. The van der Waals surface area contributed by atoms with Gasteiger partial charge >= 0.3 is 0 Å². The molecule has 1 amide bonds. The van der Waals surface area contributed by atoms with Crippen molar-refractivity contribution in [1.29, 1.82) is 5.26 Å². The summed E-state index contributed by atoms with van der Waals surface area (Å²) in [7, 11) is -4.06. The molecule has 0 radical (unpaired) electrons. The van der Waals surface area contributed by atoms with Crippen molar-refractivity contribution >= 4 is 27.3 Å². The van der Waals surface area contributed by atoms with E-state index in [0.29, 0.717) is 18.0 Å². The van der Waals surface area contributed by atoms with Crippen LogP contribution in [0.5, 0.6) is 5.75 Å². The van der Waals surface area contributed by atoms with Gasteiger partial charge in [-0.25, -0.2) is 8.42 Å². The molecular weight excluding hydrogens is 438 g/mol. The summed E-state index contributed by atoms with van der Waals surface area (Å²) >= 11 is 0. The number of nitrogens with one attached hydrogen (secondary N) is 1. The summed E-state index contributed by atoms with van der Waals surface area (Å²) in [6.45, 7) is 3.57. The molecule has 0 bridgehead atoms. The molecule has 0 aliphatic carbocycles. The number of nitriles is 1. The summed E-state index contributed by atoms with van der Waals surface area (Å²) in [5.74, 6) is -0.144. The molecule has 7 nitrogen and oxygen atoms in total. The summed E-state index contributed by atoms with van der Waals surface area (Å²) in [6, 6.07) is 22.1. The maximum Gasteiger partial charge on any atom is 0.264 e. The smallest absolute Gasteiger partial charge is 0.264 e. The molecule has 1 N–H and O–H groups in total. The van der Waals surface area contributed by atoms with E-state index in [1.807, 2.05) is 6.92 Å². The fourth-order valence-electron chi connectivity index (χ4n) is 3.21. The van der Waals surface area contributed by atoms with Crippen LogP contribution in [0.3, 0.4) is 0 Å². The van der Waals surface area contributed by atoms with Gasteiger partial charge in [-0.3, -0.25) is 9.10 Å². The number of carbonyl (C=O) groups excluding carboxylic acids is 1. The molecule has 0 atom stereocenters. The number of para-hydroxylation sites is 2. The van der Waals surface area contributed by atoms with Crippen LogP contribution in [0.15, 0.2) is 77.7 Å². The molecule has 0 saturated heterocycles. The first-order valence-electron chi connectivity index (χ1n) is 10.4. The summed E-state index contributed by atoms with van der Waals surface area (Å²) in [5, 5.41) is 11.5. The predicted molar refractivity (Wildman–Crippen MR) is 128 cm³/mol. The molecule has 0 spiro atoms. The molecule has 170 valence electrons. The van der Waals surface area contributed by atoms with Crippen molar-refractivity contribution in [3.05, 3.63) is 83.9 Å². The Kier molecular flexibility index (Phi) is 7.70. The average Bonchev–Trinajstić information content (AvgIpc) is 2.80. The van der Waals surface area contributed by atoms with Gasteiger partial charge in [-0.2, -0.15) is 5.26 Å². The first kappa shape index (κ1) is 23.8. The predicted octanol–water partition coefficient (Wildman–Crippen LogP) is 4.29. The lowest BCUT2D eigenvalue weighted by Gasteiger charge is -2.26. The van der Waals surface area contributed by atoms with Crippen LogP contribution >= 0.6 is 0 Å². The molecule has 0 fully saturated rings. The topological polar surface area (TPSA) is 99.5 Å². The maximum absolute atomic E-state index is 13.6. The summed E-state index contributed by atoms with van der Waals surface area (Å²) in [5.41, 5.74) is 2.53. The highest BCUT2D eigenvalue weighted by molar-refractivity contribution is 7.92. The molecule has 3 aromatic carbocycles. The van der Waals surface area contributed by atoms with Crippen molar-refractivity contribution in [2.45, 2.75) is 25.2 Å².